The molecule has 1 saturated carbocycles. The molecule has 1 amide bonds. The number of aromatic amines is 1. The number of H-pyrrole nitrogens is 1. The lowest BCUT2D eigenvalue weighted by Crippen LogP contribution is -2.43. The van der Waals surface area contributed by atoms with Crippen LogP contribution in [-0.4, -0.2) is 28.0 Å². The van der Waals surface area contributed by atoms with Gasteiger partial charge in [0.25, 0.3) is 11.5 Å². The summed E-state index contributed by atoms with van der Waals surface area (Å²) >= 11 is 5.91. The number of hydrogen-bond donors (Lipinski definition) is 2. The zero-order valence-electron chi connectivity index (χ0n) is 9.99. The van der Waals surface area contributed by atoms with Crippen LogP contribution in [0.15, 0.2) is 16.9 Å². The first-order valence-corrected chi connectivity index (χ1v) is 6.66. The van der Waals surface area contributed by atoms with Gasteiger partial charge in [-0.2, -0.15) is 5.10 Å². The Kier molecular flexibility index (Phi) is 4.36. The second kappa shape index (κ2) is 6.00. The molecule has 98 valence electrons. The SMILES string of the molecule is O=C(NC1CCCCC1CCl)c1ccc(=O)[nH]n1. The van der Waals surface area contributed by atoms with Crippen molar-refractivity contribution in [1.82, 2.24) is 15.5 Å². The number of nitrogens with zero attached hydrogens (tertiary/aromatic N) is 1. The second-order valence-electron chi connectivity index (χ2n) is 4.59. The molecule has 1 aliphatic rings. The lowest BCUT2D eigenvalue weighted by atomic mass is 9.85. The van der Waals surface area contributed by atoms with Crippen molar-refractivity contribution in [3.8, 4) is 0 Å². The van der Waals surface area contributed by atoms with E-state index in [0.29, 0.717) is 11.8 Å². The highest BCUT2D eigenvalue weighted by atomic mass is 35.5. The topological polar surface area (TPSA) is 74.8 Å². The van der Waals surface area contributed by atoms with Crippen molar-refractivity contribution in [1.29, 1.82) is 0 Å². The van der Waals surface area contributed by atoms with Gasteiger partial charge in [-0.1, -0.05) is 12.8 Å². The molecule has 1 aromatic rings. The molecule has 1 aliphatic carbocycles. The van der Waals surface area contributed by atoms with Gasteiger partial charge in [0.1, 0.15) is 5.69 Å². The number of carbonyl (C=O) groups excluding carboxylic acids is 1. The summed E-state index contributed by atoms with van der Waals surface area (Å²) in [5.41, 5.74) is -0.0867. The molecule has 0 aliphatic heterocycles. The fourth-order valence-corrected chi connectivity index (χ4v) is 2.67. The van der Waals surface area contributed by atoms with Crippen LogP contribution in [0.25, 0.3) is 0 Å². The Morgan fingerprint density at radius 3 is 2.89 bits per heavy atom. The summed E-state index contributed by atoms with van der Waals surface area (Å²) < 4.78 is 0. The minimum absolute atomic E-state index is 0.109. The molecule has 6 heteroatoms. The minimum atomic E-state index is -0.317. The maximum absolute atomic E-state index is 11.9. The molecule has 18 heavy (non-hydrogen) atoms. The van der Waals surface area contributed by atoms with Crippen LogP contribution in [0.3, 0.4) is 0 Å². The summed E-state index contributed by atoms with van der Waals surface area (Å²) in [6.07, 6.45) is 4.28. The molecule has 2 rings (SSSR count). The highest BCUT2D eigenvalue weighted by molar-refractivity contribution is 6.18. The van der Waals surface area contributed by atoms with E-state index in [1.807, 2.05) is 0 Å². The first kappa shape index (κ1) is 13.1. The fourth-order valence-electron chi connectivity index (χ4n) is 2.30. The third-order valence-corrected chi connectivity index (χ3v) is 3.73. The van der Waals surface area contributed by atoms with E-state index in [1.54, 1.807) is 0 Å². The van der Waals surface area contributed by atoms with Crippen LogP contribution < -0.4 is 10.9 Å². The van der Waals surface area contributed by atoms with Crippen LogP contribution in [0.5, 0.6) is 0 Å². The van der Waals surface area contributed by atoms with Gasteiger partial charge in [-0.25, -0.2) is 5.10 Å². The van der Waals surface area contributed by atoms with E-state index < -0.39 is 0 Å². The van der Waals surface area contributed by atoms with Crippen molar-refractivity contribution in [2.75, 3.05) is 5.88 Å². The predicted molar refractivity (Wildman–Crippen MR) is 68.8 cm³/mol. The van der Waals surface area contributed by atoms with Crippen molar-refractivity contribution in [2.45, 2.75) is 31.7 Å². The first-order valence-electron chi connectivity index (χ1n) is 6.13. The lowest BCUT2D eigenvalue weighted by molar-refractivity contribution is 0.0905. The Bertz CT molecular complexity index is 454. The van der Waals surface area contributed by atoms with Gasteiger partial charge in [-0.15, -0.1) is 11.6 Å². The predicted octanol–water partition coefficient (Wildman–Crippen LogP) is 1.30. The molecular weight excluding hydrogens is 254 g/mol. The minimum Gasteiger partial charge on any atom is -0.348 e. The highest BCUT2D eigenvalue weighted by Gasteiger charge is 2.26. The Balaban J connectivity index is 2.01. The fraction of sp³-hybridized carbons (Fsp3) is 0.583. The summed E-state index contributed by atoms with van der Waals surface area (Å²) in [7, 11) is 0. The normalized spacial score (nSPS) is 23.6. The molecule has 0 radical (unpaired) electrons. The van der Waals surface area contributed by atoms with Gasteiger partial charge in [0.05, 0.1) is 0 Å². The molecule has 1 heterocycles. The van der Waals surface area contributed by atoms with Crippen LogP contribution in [0.2, 0.25) is 0 Å². The average molecular weight is 270 g/mol. The van der Waals surface area contributed by atoms with E-state index in [1.165, 1.54) is 18.6 Å². The van der Waals surface area contributed by atoms with Crippen LogP contribution in [0.4, 0.5) is 0 Å². The summed E-state index contributed by atoms with van der Waals surface area (Å²) in [5, 5.41) is 8.91. The molecule has 0 bridgehead atoms. The molecule has 5 nitrogen and oxygen atoms in total. The molecule has 0 spiro atoms. The number of nitrogens with one attached hydrogen (secondary N) is 2. The third-order valence-electron chi connectivity index (χ3n) is 3.34. The van der Waals surface area contributed by atoms with E-state index >= 15 is 0 Å². The number of amides is 1. The summed E-state index contributed by atoms with van der Waals surface area (Å²) in [5.74, 6) is 0.629. The number of carbonyl (C=O) groups is 1. The van der Waals surface area contributed by atoms with Crippen molar-refractivity contribution >= 4 is 17.5 Å². The first-order chi connectivity index (χ1) is 8.70. The molecule has 0 saturated heterocycles. The Morgan fingerprint density at radius 2 is 2.22 bits per heavy atom. The van der Waals surface area contributed by atoms with Gasteiger partial charge in [-0.05, 0) is 24.8 Å². The van der Waals surface area contributed by atoms with Gasteiger partial charge < -0.3 is 5.32 Å². The summed E-state index contributed by atoms with van der Waals surface area (Å²) in [6.45, 7) is 0. The Morgan fingerprint density at radius 1 is 1.44 bits per heavy atom. The molecule has 2 N–H and O–H groups in total. The van der Waals surface area contributed by atoms with Crippen LogP contribution in [0, 0.1) is 5.92 Å². The molecule has 0 aromatic carbocycles. The van der Waals surface area contributed by atoms with E-state index in [0.717, 1.165) is 19.3 Å². The van der Waals surface area contributed by atoms with Crippen LogP contribution in [-0.2, 0) is 0 Å². The van der Waals surface area contributed by atoms with Crippen LogP contribution >= 0.6 is 11.6 Å². The third kappa shape index (κ3) is 3.10. The second-order valence-corrected chi connectivity index (χ2v) is 4.89. The smallest absolute Gasteiger partial charge is 0.271 e. The molecular formula is C12H16ClN3O2. The quantitative estimate of drug-likeness (QED) is 0.812. The number of rotatable bonds is 3. The van der Waals surface area contributed by atoms with Crippen molar-refractivity contribution in [3.63, 3.8) is 0 Å². The highest BCUT2D eigenvalue weighted by Crippen LogP contribution is 2.25. The average Bonchev–Trinajstić information content (AvgIpc) is 2.40. The largest absolute Gasteiger partial charge is 0.348 e. The molecule has 2 unspecified atom stereocenters. The Labute approximate surface area is 110 Å². The van der Waals surface area contributed by atoms with Crippen molar-refractivity contribution in [2.24, 2.45) is 5.92 Å². The standard InChI is InChI=1S/C12H16ClN3O2/c13-7-8-3-1-2-4-9(8)14-12(18)10-5-6-11(17)16-15-10/h5-6,8-9H,1-4,7H2,(H,14,18)(H,16,17). The number of halogens is 1. The van der Waals surface area contributed by atoms with E-state index in [4.69, 9.17) is 11.6 Å². The maximum Gasteiger partial charge on any atom is 0.271 e. The molecule has 1 fully saturated rings. The van der Waals surface area contributed by atoms with Gasteiger partial charge >= 0.3 is 0 Å². The van der Waals surface area contributed by atoms with Gasteiger partial charge in [0.15, 0.2) is 0 Å². The number of aromatic nitrogens is 2. The van der Waals surface area contributed by atoms with Gasteiger partial charge in [0.2, 0.25) is 0 Å². The molecule has 1 aromatic heterocycles. The van der Waals surface area contributed by atoms with E-state index in [-0.39, 0.29) is 23.2 Å². The van der Waals surface area contributed by atoms with Crippen molar-refractivity contribution in [3.05, 3.63) is 28.2 Å². The lowest BCUT2D eigenvalue weighted by Gasteiger charge is -2.30. The van der Waals surface area contributed by atoms with Crippen LogP contribution in [0.1, 0.15) is 36.2 Å². The van der Waals surface area contributed by atoms with E-state index in [2.05, 4.69) is 15.5 Å². The summed E-state index contributed by atoms with van der Waals surface area (Å²) in [6, 6.07) is 2.83. The Hall–Kier alpha value is -1.36. The number of alkyl halides is 1. The number of hydrogen-bond acceptors (Lipinski definition) is 3. The maximum atomic E-state index is 11.9. The summed E-state index contributed by atoms with van der Waals surface area (Å²) in [4.78, 5) is 22.8. The van der Waals surface area contributed by atoms with E-state index in [9.17, 15) is 9.59 Å². The van der Waals surface area contributed by atoms with Crippen molar-refractivity contribution < 1.29 is 4.79 Å². The zero-order valence-corrected chi connectivity index (χ0v) is 10.7. The van der Waals surface area contributed by atoms with Gasteiger partial charge in [-0.3, -0.25) is 9.59 Å². The van der Waals surface area contributed by atoms with Gasteiger partial charge in [0, 0.05) is 18.0 Å². The zero-order chi connectivity index (χ0) is 13.0. The molecule has 2 atom stereocenters. The monoisotopic (exact) mass is 269 g/mol.